The fraction of sp³-hybridized carbons (Fsp3) is 0. The van der Waals surface area contributed by atoms with Crippen LogP contribution in [0.15, 0.2) is 62.5 Å². The predicted octanol–water partition coefficient (Wildman–Crippen LogP) is 3.77. The van der Waals surface area contributed by atoms with Crippen LogP contribution < -0.4 is 16.6 Å². The number of anilines is 1. The number of nitrogens with two attached hydrogens (primary N) is 1. The Bertz CT molecular complexity index is 584. The number of halogens is 2. The third-order valence-electron chi connectivity index (χ3n) is 2.31. The standard InChI is InChI=1S/C13H12Br2N4/c14-9-6-7-11(15)12(8-9)18-13(19-16)17-10-4-2-1-3-5-10/h1-8H,16H2,(H2,17,18,19). The van der Waals surface area contributed by atoms with Gasteiger partial charge in [-0.05, 0) is 46.3 Å². The lowest BCUT2D eigenvalue weighted by Gasteiger charge is -2.09. The molecule has 98 valence electrons. The lowest BCUT2D eigenvalue weighted by atomic mass is 10.3. The summed E-state index contributed by atoms with van der Waals surface area (Å²) in [5.74, 6) is 5.95. The molecule has 6 heteroatoms. The number of aliphatic imine (C=N–C) groups is 1. The summed E-state index contributed by atoms with van der Waals surface area (Å²) in [6.07, 6.45) is 0. The summed E-state index contributed by atoms with van der Waals surface area (Å²) >= 11 is 6.86. The van der Waals surface area contributed by atoms with Gasteiger partial charge in [-0.3, -0.25) is 5.43 Å². The number of guanidine groups is 1. The van der Waals surface area contributed by atoms with E-state index in [-0.39, 0.29) is 0 Å². The fourth-order valence-electron chi connectivity index (χ4n) is 1.45. The predicted molar refractivity (Wildman–Crippen MR) is 86.3 cm³/mol. The average molecular weight is 384 g/mol. The van der Waals surface area contributed by atoms with Gasteiger partial charge in [-0.2, -0.15) is 0 Å². The zero-order valence-corrected chi connectivity index (χ0v) is 13.1. The summed E-state index contributed by atoms with van der Waals surface area (Å²) < 4.78 is 1.84. The lowest BCUT2D eigenvalue weighted by Crippen LogP contribution is -2.35. The van der Waals surface area contributed by atoms with Crippen molar-refractivity contribution in [3.63, 3.8) is 0 Å². The highest BCUT2D eigenvalue weighted by Crippen LogP contribution is 2.28. The molecule has 0 aliphatic heterocycles. The van der Waals surface area contributed by atoms with Gasteiger partial charge >= 0.3 is 0 Å². The maximum atomic E-state index is 5.49. The van der Waals surface area contributed by atoms with Crippen LogP contribution in [0.5, 0.6) is 0 Å². The van der Waals surface area contributed by atoms with Crippen molar-refractivity contribution in [2.45, 2.75) is 0 Å². The van der Waals surface area contributed by atoms with Crippen LogP contribution in [0.3, 0.4) is 0 Å². The van der Waals surface area contributed by atoms with Gasteiger partial charge in [-0.25, -0.2) is 10.8 Å². The Hall–Kier alpha value is -1.37. The van der Waals surface area contributed by atoms with Gasteiger partial charge in [-0.15, -0.1) is 0 Å². The highest BCUT2D eigenvalue weighted by molar-refractivity contribution is 9.11. The Morgan fingerprint density at radius 2 is 1.79 bits per heavy atom. The van der Waals surface area contributed by atoms with Crippen molar-refractivity contribution in [3.8, 4) is 0 Å². The second kappa shape index (κ2) is 6.70. The molecule has 0 atom stereocenters. The van der Waals surface area contributed by atoms with Crippen molar-refractivity contribution in [2.75, 3.05) is 5.32 Å². The van der Waals surface area contributed by atoms with Crippen molar-refractivity contribution in [2.24, 2.45) is 10.8 Å². The van der Waals surface area contributed by atoms with Crippen molar-refractivity contribution in [1.82, 2.24) is 5.43 Å². The topological polar surface area (TPSA) is 62.4 Å². The molecule has 0 aromatic heterocycles. The Labute approximate surface area is 128 Å². The second-order valence-corrected chi connectivity index (χ2v) is 5.46. The van der Waals surface area contributed by atoms with E-state index in [0.717, 1.165) is 20.3 Å². The van der Waals surface area contributed by atoms with Crippen molar-refractivity contribution in [3.05, 3.63) is 57.5 Å². The van der Waals surface area contributed by atoms with Crippen molar-refractivity contribution in [1.29, 1.82) is 0 Å². The number of nitrogens with zero attached hydrogens (tertiary/aromatic N) is 1. The van der Waals surface area contributed by atoms with Gasteiger partial charge in [0.05, 0.1) is 5.69 Å². The van der Waals surface area contributed by atoms with Gasteiger partial charge in [0.2, 0.25) is 5.96 Å². The number of para-hydroxylation sites is 1. The van der Waals surface area contributed by atoms with Crippen LogP contribution in [0.2, 0.25) is 0 Å². The van der Waals surface area contributed by atoms with E-state index in [9.17, 15) is 0 Å². The van der Waals surface area contributed by atoms with Crippen molar-refractivity contribution < 1.29 is 0 Å². The van der Waals surface area contributed by atoms with Gasteiger partial charge in [0.15, 0.2) is 0 Å². The average Bonchev–Trinajstić information content (AvgIpc) is 2.43. The Balaban J connectivity index is 2.26. The van der Waals surface area contributed by atoms with Crippen LogP contribution in [0, 0.1) is 0 Å². The number of hydrogen-bond donors (Lipinski definition) is 3. The summed E-state index contributed by atoms with van der Waals surface area (Å²) in [6, 6.07) is 15.4. The van der Waals surface area contributed by atoms with E-state index in [4.69, 9.17) is 5.84 Å². The van der Waals surface area contributed by atoms with E-state index < -0.39 is 0 Å². The van der Waals surface area contributed by atoms with Crippen LogP contribution in [-0.2, 0) is 0 Å². The molecule has 0 heterocycles. The van der Waals surface area contributed by atoms with Crippen molar-refractivity contribution >= 4 is 49.2 Å². The normalized spacial score (nSPS) is 11.2. The zero-order chi connectivity index (χ0) is 13.7. The molecule has 0 unspecified atom stereocenters. The summed E-state index contributed by atoms with van der Waals surface area (Å²) in [4.78, 5) is 4.43. The Morgan fingerprint density at radius 1 is 1.05 bits per heavy atom. The van der Waals surface area contributed by atoms with Gasteiger partial charge in [0.1, 0.15) is 0 Å². The van der Waals surface area contributed by atoms with E-state index >= 15 is 0 Å². The third kappa shape index (κ3) is 4.05. The quantitative estimate of drug-likeness (QED) is 0.320. The number of hydrogen-bond acceptors (Lipinski definition) is 2. The van der Waals surface area contributed by atoms with E-state index in [1.165, 1.54) is 0 Å². The minimum Gasteiger partial charge on any atom is -0.325 e. The molecule has 2 aromatic carbocycles. The third-order valence-corrected chi connectivity index (χ3v) is 3.48. The molecule has 4 nitrogen and oxygen atoms in total. The number of rotatable bonds is 2. The molecule has 19 heavy (non-hydrogen) atoms. The molecule has 0 radical (unpaired) electrons. The second-order valence-electron chi connectivity index (χ2n) is 3.69. The highest BCUT2D eigenvalue weighted by atomic mass is 79.9. The molecule has 0 aliphatic rings. The smallest absolute Gasteiger partial charge is 0.215 e. The molecule has 0 spiro atoms. The van der Waals surface area contributed by atoms with Crippen LogP contribution in [0.1, 0.15) is 0 Å². The molecule has 2 aromatic rings. The van der Waals surface area contributed by atoms with Gasteiger partial charge in [0.25, 0.3) is 0 Å². The highest BCUT2D eigenvalue weighted by Gasteiger charge is 2.02. The van der Waals surface area contributed by atoms with E-state index in [1.807, 2.05) is 48.5 Å². The summed E-state index contributed by atoms with van der Waals surface area (Å²) in [7, 11) is 0. The van der Waals surface area contributed by atoms with Gasteiger partial charge < -0.3 is 5.32 Å². The van der Waals surface area contributed by atoms with Crippen LogP contribution in [-0.4, -0.2) is 5.96 Å². The monoisotopic (exact) mass is 382 g/mol. The molecule has 0 bridgehead atoms. The zero-order valence-electron chi connectivity index (χ0n) is 9.90. The maximum absolute atomic E-state index is 5.49. The molecule has 0 saturated heterocycles. The van der Waals surface area contributed by atoms with Crippen LogP contribution in [0.4, 0.5) is 11.4 Å². The molecule has 2 rings (SSSR count). The van der Waals surface area contributed by atoms with Crippen LogP contribution >= 0.6 is 31.9 Å². The van der Waals surface area contributed by atoms with Crippen LogP contribution in [0.25, 0.3) is 0 Å². The van der Waals surface area contributed by atoms with E-state index in [1.54, 1.807) is 0 Å². The summed E-state index contributed by atoms with van der Waals surface area (Å²) in [5, 5.41) is 3.10. The molecule has 0 amide bonds. The minimum atomic E-state index is 0.463. The molecule has 0 aliphatic carbocycles. The molecule has 4 N–H and O–H groups in total. The Morgan fingerprint density at radius 3 is 2.47 bits per heavy atom. The largest absolute Gasteiger partial charge is 0.325 e. The first kappa shape index (κ1) is 14.0. The SMILES string of the molecule is NNC(=Nc1cc(Br)ccc1Br)Nc1ccccc1. The number of nitrogens with one attached hydrogen (secondary N) is 2. The lowest BCUT2D eigenvalue weighted by molar-refractivity contribution is 1.02. The van der Waals surface area contributed by atoms with Gasteiger partial charge in [-0.1, -0.05) is 34.1 Å². The number of benzene rings is 2. The fourth-order valence-corrected chi connectivity index (χ4v) is 2.13. The molecule has 0 fully saturated rings. The Kier molecular flexibility index (Phi) is 4.95. The molecule has 0 saturated carbocycles. The van der Waals surface area contributed by atoms with E-state index in [2.05, 4.69) is 47.6 Å². The minimum absolute atomic E-state index is 0.463. The maximum Gasteiger partial charge on any atom is 0.215 e. The summed E-state index contributed by atoms with van der Waals surface area (Å²) in [5.41, 5.74) is 4.23. The first-order valence-electron chi connectivity index (χ1n) is 5.51. The molecular formula is C13H12Br2N4. The summed E-state index contributed by atoms with van der Waals surface area (Å²) in [6.45, 7) is 0. The number of hydrazine groups is 1. The molecular weight excluding hydrogens is 372 g/mol. The first-order chi connectivity index (χ1) is 9.19. The van der Waals surface area contributed by atoms with Gasteiger partial charge in [0, 0.05) is 14.6 Å². The van der Waals surface area contributed by atoms with E-state index in [0.29, 0.717) is 5.96 Å². The first-order valence-corrected chi connectivity index (χ1v) is 7.10.